The second kappa shape index (κ2) is 4.49. The molecule has 1 aromatic carbocycles. The van der Waals surface area contributed by atoms with Crippen molar-refractivity contribution in [3.05, 3.63) is 53.6 Å². The van der Waals surface area contributed by atoms with Gasteiger partial charge in [-0.2, -0.15) is 5.26 Å². The van der Waals surface area contributed by atoms with Crippen LogP contribution in [0, 0.1) is 17.1 Å². The molecular weight excluding hydrogens is 207 g/mol. The molecule has 0 aliphatic heterocycles. The van der Waals surface area contributed by atoms with Crippen molar-refractivity contribution in [2.75, 3.05) is 0 Å². The zero-order valence-electron chi connectivity index (χ0n) is 8.40. The summed E-state index contributed by atoms with van der Waals surface area (Å²) in [6, 6.07) is 9.80. The van der Waals surface area contributed by atoms with Crippen LogP contribution in [-0.2, 0) is 6.61 Å². The summed E-state index contributed by atoms with van der Waals surface area (Å²) < 4.78 is 18.6. The lowest BCUT2D eigenvalue weighted by Crippen LogP contribution is -1.98. The Balaban J connectivity index is 2.16. The van der Waals surface area contributed by atoms with Gasteiger partial charge in [0.1, 0.15) is 29.8 Å². The molecule has 80 valence electrons. The monoisotopic (exact) mass is 216 g/mol. The number of benzene rings is 1. The Labute approximate surface area is 92.1 Å². The van der Waals surface area contributed by atoms with Crippen LogP contribution in [0.25, 0.3) is 0 Å². The normalized spacial score (nSPS) is 9.75. The lowest BCUT2D eigenvalue weighted by Gasteiger charge is -2.06. The average molecular weight is 216 g/mol. The summed E-state index contributed by atoms with van der Waals surface area (Å²) in [5, 5.41) is 8.78. The molecule has 1 heterocycles. The average Bonchev–Trinajstić information content (AvgIpc) is 2.79. The maximum absolute atomic E-state index is 13.2. The number of hydrogen-bond acceptors (Lipinski definition) is 2. The van der Waals surface area contributed by atoms with E-state index in [9.17, 15) is 4.39 Å². The number of nitrogens with zero attached hydrogens (tertiary/aromatic N) is 1. The lowest BCUT2D eigenvalue weighted by atomic mass is 10.2. The fraction of sp³-hybridized carbons (Fsp3) is 0.0833. The highest BCUT2D eigenvalue weighted by Gasteiger charge is 2.08. The molecule has 4 heteroatoms. The van der Waals surface area contributed by atoms with Crippen LogP contribution in [0.3, 0.4) is 0 Å². The van der Waals surface area contributed by atoms with Gasteiger partial charge in [0, 0.05) is 6.20 Å². The van der Waals surface area contributed by atoms with E-state index in [1.165, 1.54) is 12.1 Å². The van der Waals surface area contributed by atoms with Crippen LogP contribution in [0.2, 0.25) is 0 Å². The largest absolute Gasteiger partial charge is 0.486 e. The van der Waals surface area contributed by atoms with Gasteiger partial charge in [-0.1, -0.05) is 6.07 Å². The summed E-state index contributed by atoms with van der Waals surface area (Å²) in [5.74, 6) is -0.302. The van der Waals surface area contributed by atoms with E-state index in [1.54, 1.807) is 18.3 Å². The van der Waals surface area contributed by atoms with E-state index in [1.807, 2.05) is 12.1 Å². The summed E-state index contributed by atoms with van der Waals surface area (Å²) in [4.78, 5) is 2.96. The number of nitrogens with one attached hydrogen (secondary N) is 1. The van der Waals surface area contributed by atoms with E-state index in [0.717, 1.165) is 5.69 Å². The third kappa shape index (κ3) is 2.04. The maximum Gasteiger partial charge on any atom is 0.144 e. The molecule has 1 aromatic heterocycles. The van der Waals surface area contributed by atoms with Crippen LogP contribution in [0.15, 0.2) is 36.5 Å². The molecule has 1 N–H and O–H groups in total. The summed E-state index contributed by atoms with van der Waals surface area (Å²) in [6.45, 7) is 0.283. The minimum Gasteiger partial charge on any atom is -0.486 e. The number of aromatic nitrogens is 1. The zero-order valence-corrected chi connectivity index (χ0v) is 8.40. The third-order valence-corrected chi connectivity index (χ3v) is 2.13. The SMILES string of the molecule is N#Cc1c(F)cccc1OCc1ccc[nH]1. The van der Waals surface area contributed by atoms with Crippen molar-refractivity contribution in [1.82, 2.24) is 4.98 Å². The van der Waals surface area contributed by atoms with Gasteiger partial charge in [-0.3, -0.25) is 0 Å². The topological polar surface area (TPSA) is 48.8 Å². The molecule has 0 fully saturated rings. The Morgan fingerprint density at radius 2 is 2.19 bits per heavy atom. The van der Waals surface area contributed by atoms with Crippen molar-refractivity contribution < 1.29 is 9.13 Å². The highest BCUT2D eigenvalue weighted by atomic mass is 19.1. The van der Waals surface area contributed by atoms with Crippen molar-refractivity contribution >= 4 is 0 Å². The molecule has 0 aliphatic carbocycles. The maximum atomic E-state index is 13.2. The quantitative estimate of drug-likeness (QED) is 0.857. The van der Waals surface area contributed by atoms with E-state index >= 15 is 0 Å². The van der Waals surface area contributed by atoms with Gasteiger partial charge in [0.05, 0.1) is 5.69 Å². The van der Waals surface area contributed by atoms with Crippen LogP contribution < -0.4 is 4.74 Å². The summed E-state index contributed by atoms with van der Waals surface area (Å²) >= 11 is 0. The van der Waals surface area contributed by atoms with Crippen molar-refractivity contribution in [3.8, 4) is 11.8 Å². The molecule has 0 radical (unpaired) electrons. The summed E-state index contributed by atoms with van der Waals surface area (Å²) in [7, 11) is 0. The first kappa shape index (κ1) is 10.2. The van der Waals surface area contributed by atoms with Crippen molar-refractivity contribution in [2.24, 2.45) is 0 Å². The Morgan fingerprint density at radius 1 is 1.31 bits per heavy atom. The number of aromatic amines is 1. The molecule has 0 amide bonds. The number of rotatable bonds is 3. The highest BCUT2D eigenvalue weighted by Crippen LogP contribution is 2.21. The van der Waals surface area contributed by atoms with E-state index < -0.39 is 5.82 Å². The third-order valence-electron chi connectivity index (χ3n) is 2.13. The molecule has 0 saturated carbocycles. The molecule has 0 bridgehead atoms. The van der Waals surface area contributed by atoms with Crippen LogP contribution in [-0.4, -0.2) is 4.98 Å². The first-order valence-corrected chi connectivity index (χ1v) is 4.75. The first-order chi connectivity index (χ1) is 7.81. The van der Waals surface area contributed by atoms with Gasteiger partial charge in [0.15, 0.2) is 0 Å². The predicted molar refractivity (Wildman–Crippen MR) is 56.2 cm³/mol. The number of nitriles is 1. The Bertz CT molecular complexity index is 514. The fourth-order valence-electron chi connectivity index (χ4n) is 1.35. The van der Waals surface area contributed by atoms with Crippen molar-refractivity contribution in [2.45, 2.75) is 6.61 Å². The molecule has 0 atom stereocenters. The molecule has 0 spiro atoms. The Hall–Kier alpha value is -2.28. The molecule has 3 nitrogen and oxygen atoms in total. The number of hydrogen-bond donors (Lipinski definition) is 1. The fourth-order valence-corrected chi connectivity index (χ4v) is 1.35. The van der Waals surface area contributed by atoms with Crippen molar-refractivity contribution in [1.29, 1.82) is 5.26 Å². The smallest absolute Gasteiger partial charge is 0.144 e. The Kier molecular flexibility index (Phi) is 2.88. The molecular formula is C12H9FN2O. The Morgan fingerprint density at radius 3 is 2.88 bits per heavy atom. The predicted octanol–water partition coefficient (Wildman–Crippen LogP) is 2.60. The molecule has 0 saturated heterocycles. The van der Waals surface area contributed by atoms with Gasteiger partial charge in [-0.05, 0) is 24.3 Å². The summed E-state index contributed by atoms with van der Waals surface area (Å²) in [6.07, 6.45) is 1.77. The number of halogens is 1. The van der Waals surface area contributed by atoms with Crippen LogP contribution in [0.5, 0.6) is 5.75 Å². The van der Waals surface area contributed by atoms with E-state index in [-0.39, 0.29) is 17.9 Å². The molecule has 16 heavy (non-hydrogen) atoms. The lowest BCUT2D eigenvalue weighted by molar-refractivity contribution is 0.299. The molecule has 0 aliphatic rings. The minimum absolute atomic E-state index is 0.0611. The summed E-state index contributed by atoms with van der Waals surface area (Å²) in [5.41, 5.74) is 0.808. The molecule has 2 aromatic rings. The van der Waals surface area contributed by atoms with Gasteiger partial charge < -0.3 is 9.72 Å². The first-order valence-electron chi connectivity index (χ1n) is 4.75. The van der Waals surface area contributed by atoms with Gasteiger partial charge in [0.2, 0.25) is 0 Å². The van der Waals surface area contributed by atoms with E-state index in [4.69, 9.17) is 10.00 Å². The second-order valence-corrected chi connectivity index (χ2v) is 3.21. The van der Waals surface area contributed by atoms with E-state index in [2.05, 4.69) is 4.98 Å². The molecule has 0 unspecified atom stereocenters. The van der Waals surface area contributed by atoms with Gasteiger partial charge in [0.25, 0.3) is 0 Å². The van der Waals surface area contributed by atoms with Crippen LogP contribution >= 0.6 is 0 Å². The zero-order chi connectivity index (χ0) is 11.4. The van der Waals surface area contributed by atoms with Gasteiger partial charge in [-0.25, -0.2) is 4.39 Å². The highest BCUT2D eigenvalue weighted by molar-refractivity contribution is 5.43. The number of H-pyrrole nitrogens is 1. The standard InChI is InChI=1S/C12H9FN2O/c13-11-4-1-5-12(10(11)7-14)16-8-9-3-2-6-15-9/h1-6,15H,8H2. The number of ether oxygens (including phenoxy) is 1. The minimum atomic E-state index is -0.563. The molecule has 2 rings (SSSR count). The van der Waals surface area contributed by atoms with Gasteiger partial charge >= 0.3 is 0 Å². The van der Waals surface area contributed by atoms with Crippen molar-refractivity contribution in [3.63, 3.8) is 0 Å². The van der Waals surface area contributed by atoms with Gasteiger partial charge in [-0.15, -0.1) is 0 Å². The van der Waals surface area contributed by atoms with Crippen LogP contribution in [0.1, 0.15) is 11.3 Å². The second-order valence-electron chi connectivity index (χ2n) is 3.21. The van der Waals surface area contributed by atoms with Crippen LogP contribution in [0.4, 0.5) is 4.39 Å². The van der Waals surface area contributed by atoms with E-state index in [0.29, 0.717) is 0 Å².